The van der Waals surface area contributed by atoms with Crippen LogP contribution in [0, 0.1) is 6.92 Å². The van der Waals surface area contributed by atoms with Crippen LogP contribution in [-0.2, 0) is 4.79 Å². The highest BCUT2D eigenvalue weighted by Crippen LogP contribution is 2.20. The summed E-state index contributed by atoms with van der Waals surface area (Å²) in [5, 5.41) is 16.2. The largest absolute Gasteiger partial charge is 0.291 e. The van der Waals surface area contributed by atoms with Crippen LogP contribution in [0.25, 0.3) is 5.69 Å². The summed E-state index contributed by atoms with van der Waals surface area (Å²) in [4.78, 5) is 24.3. The molecule has 2 aromatic heterocycles. The maximum atomic E-state index is 11.9. The SMILES string of the molecule is Cc1ccccc1-n1nnnc1SCC(=O)NC(=O)c1cccs1. The van der Waals surface area contributed by atoms with E-state index in [0.29, 0.717) is 10.0 Å². The number of tetrazole rings is 1. The quantitative estimate of drug-likeness (QED) is 0.702. The van der Waals surface area contributed by atoms with Crippen molar-refractivity contribution in [2.24, 2.45) is 0 Å². The third kappa shape index (κ3) is 3.69. The van der Waals surface area contributed by atoms with Crippen LogP contribution >= 0.6 is 23.1 Å². The topological polar surface area (TPSA) is 89.8 Å². The second-order valence-corrected chi connectivity index (χ2v) is 6.69. The van der Waals surface area contributed by atoms with Gasteiger partial charge in [-0.25, -0.2) is 0 Å². The Hall–Kier alpha value is -2.52. The molecule has 1 aromatic carbocycles. The Bertz CT molecular complexity index is 860. The summed E-state index contributed by atoms with van der Waals surface area (Å²) >= 11 is 2.45. The average molecular weight is 359 g/mol. The number of hydrogen-bond acceptors (Lipinski definition) is 7. The monoisotopic (exact) mass is 359 g/mol. The highest BCUT2D eigenvalue weighted by atomic mass is 32.2. The van der Waals surface area contributed by atoms with Gasteiger partial charge >= 0.3 is 0 Å². The van der Waals surface area contributed by atoms with E-state index in [0.717, 1.165) is 11.3 Å². The van der Waals surface area contributed by atoms with Gasteiger partial charge in [0.2, 0.25) is 11.1 Å². The molecule has 3 rings (SSSR count). The molecule has 0 bridgehead atoms. The lowest BCUT2D eigenvalue weighted by Gasteiger charge is -2.07. The minimum absolute atomic E-state index is 0.0450. The Balaban J connectivity index is 1.64. The van der Waals surface area contributed by atoms with Gasteiger partial charge in [-0.2, -0.15) is 4.68 Å². The van der Waals surface area contributed by atoms with Crippen LogP contribution in [0.3, 0.4) is 0 Å². The predicted octanol–water partition coefficient (Wildman–Crippen LogP) is 2.08. The summed E-state index contributed by atoms with van der Waals surface area (Å²) in [5.41, 5.74) is 1.86. The summed E-state index contributed by atoms with van der Waals surface area (Å²) in [5.74, 6) is -0.740. The molecule has 0 aliphatic heterocycles. The number of thiophene rings is 1. The van der Waals surface area contributed by atoms with Gasteiger partial charge in [-0.05, 0) is 40.4 Å². The fraction of sp³-hybridized carbons (Fsp3) is 0.133. The summed E-state index contributed by atoms with van der Waals surface area (Å²) < 4.78 is 1.58. The third-order valence-electron chi connectivity index (χ3n) is 3.11. The van der Waals surface area contributed by atoms with Crippen LogP contribution < -0.4 is 5.32 Å². The van der Waals surface area contributed by atoms with Crippen molar-refractivity contribution in [1.82, 2.24) is 25.5 Å². The number of benzene rings is 1. The van der Waals surface area contributed by atoms with Gasteiger partial charge in [0.05, 0.1) is 16.3 Å². The fourth-order valence-corrected chi connectivity index (χ4v) is 3.29. The number of carbonyl (C=O) groups excluding carboxylic acids is 2. The van der Waals surface area contributed by atoms with Crippen LogP contribution in [0.5, 0.6) is 0 Å². The molecular weight excluding hydrogens is 346 g/mol. The lowest BCUT2D eigenvalue weighted by Crippen LogP contribution is -2.31. The van der Waals surface area contributed by atoms with Crippen LogP contribution in [-0.4, -0.2) is 37.8 Å². The van der Waals surface area contributed by atoms with E-state index in [1.807, 2.05) is 31.2 Å². The van der Waals surface area contributed by atoms with Crippen LogP contribution in [0.1, 0.15) is 15.2 Å². The van der Waals surface area contributed by atoms with E-state index in [4.69, 9.17) is 0 Å². The molecule has 2 amide bonds. The van der Waals surface area contributed by atoms with Crippen molar-refractivity contribution in [3.05, 3.63) is 52.2 Å². The van der Waals surface area contributed by atoms with Crippen molar-refractivity contribution < 1.29 is 9.59 Å². The number of aryl methyl sites for hydroxylation is 1. The van der Waals surface area contributed by atoms with E-state index < -0.39 is 11.8 Å². The normalized spacial score (nSPS) is 10.5. The van der Waals surface area contributed by atoms with Crippen molar-refractivity contribution >= 4 is 34.9 Å². The first-order valence-corrected chi connectivity index (χ1v) is 8.86. The molecule has 0 unspecified atom stereocenters. The van der Waals surface area contributed by atoms with Gasteiger partial charge in [0.15, 0.2) is 0 Å². The molecule has 3 aromatic rings. The van der Waals surface area contributed by atoms with Crippen LogP contribution in [0.4, 0.5) is 0 Å². The number of thioether (sulfide) groups is 1. The first-order valence-electron chi connectivity index (χ1n) is 7.00. The maximum absolute atomic E-state index is 11.9. The zero-order valence-corrected chi connectivity index (χ0v) is 14.3. The molecular formula is C15H13N5O2S2. The van der Waals surface area contributed by atoms with E-state index in [-0.39, 0.29) is 5.75 Å². The first-order chi connectivity index (χ1) is 11.6. The summed E-state index contributed by atoms with van der Waals surface area (Å²) in [7, 11) is 0. The van der Waals surface area contributed by atoms with Crippen molar-refractivity contribution in [2.75, 3.05) is 5.75 Å². The molecule has 0 atom stereocenters. The summed E-state index contributed by atoms with van der Waals surface area (Å²) in [6, 6.07) is 11.1. The van der Waals surface area contributed by atoms with Gasteiger partial charge < -0.3 is 0 Å². The number of nitrogens with zero attached hydrogens (tertiary/aromatic N) is 4. The molecule has 24 heavy (non-hydrogen) atoms. The van der Waals surface area contributed by atoms with Crippen molar-refractivity contribution in [2.45, 2.75) is 12.1 Å². The molecule has 0 saturated carbocycles. The number of nitrogens with one attached hydrogen (secondary N) is 1. The average Bonchev–Trinajstić information content (AvgIpc) is 3.25. The Morgan fingerprint density at radius 2 is 2.08 bits per heavy atom. The van der Waals surface area contributed by atoms with Crippen molar-refractivity contribution in [1.29, 1.82) is 0 Å². The van der Waals surface area contributed by atoms with Gasteiger partial charge in [0.25, 0.3) is 5.91 Å². The summed E-state index contributed by atoms with van der Waals surface area (Å²) in [6.07, 6.45) is 0. The van der Waals surface area contributed by atoms with Gasteiger partial charge in [-0.3, -0.25) is 14.9 Å². The number of rotatable bonds is 5. The second kappa shape index (κ2) is 7.37. The van der Waals surface area contributed by atoms with Gasteiger partial charge in [0.1, 0.15) is 0 Å². The molecule has 0 saturated heterocycles. The number of carbonyl (C=O) groups is 2. The number of aromatic nitrogens is 4. The molecule has 1 N–H and O–H groups in total. The van der Waals surface area contributed by atoms with Crippen molar-refractivity contribution in [3.63, 3.8) is 0 Å². The van der Waals surface area contributed by atoms with E-state index in [1.165, 1.54) is 23.1 Å². The highest BCUT2D eigenvalue weighted by molar-refractivity contribution is 7.99. The van der Waals surface area contributed by atoms with Gasteiger partial charge in [-0.15, -0.1) is 16.4 Å². The zero-order chi connectivity index (χ0) is 16.9. The Kier molecular flexibility index (Phi) is 5.02. The molecule has 0 aliphatic rings. The fourth-order valence-electron chi connectivity index (χ4n) is 1.98. The third-order valence-corrected chi connectivity index (χ3v) is 4.90. The van der Waals surface area contributed by atoms with Crippen molar-refractivity contribution in [3.8, 4) is 5.69 Å². The lowest BCUT2D eigenvalue weighted by atomic mass is 10.2. The second-order valence-electron chi connectivity index (χ2n) is 4.80. The molecule has 7 nitrogen and oxygen atoms in total. The first kappa shape index (κ1) is 16.3. The van der Waals surface area contributed by atoms with Crippen LogP contribution in [0.2, 0.25) is 0 Å². The van der Waals surface area contributed by atoms with E-state index in [9.17, 15) is 9.59 Å². The standard InChI is InChI=1S/C15H13N5O2S2/c1-10-5-2-3-6-11(10)20-15(17-18-19-20)24-9-13(21)16-14(22)12-7-4-8-23-12/h2-8H,9H2,1H3,(H,16,21,22). The minimum atomic E-state index is -0.394. The maximum Gasteiger partial charge on any atom is 0.267 e. The zero-order valence-electron chi connectivity index (χ0n) is 12.7. The Labute approximate surface area is 146 Å². The molecule has 2 heterocycles. The molecule has 122 valence electrons. The van der Waals surface area contributed by atoms with Gasteiger partial charge in [0, 0.05) is 0 Å². The van der Waals surface area contributed by atoms with Crippen LogP contribution in [0.15, 0.2) is 46.9 Å². The van der Waals surface area contributed by atoms with E-state index >= 15 is 0 Å². The van der Waals surface area contributed by atoms with Gasteiger partial charge in [-0.1, -0.05) is 36.0 Å². The number of amides is 2. The highest BCUT2D eigenvalue weighted by Gasteiger charge is 2.15. The smallest absolute Gasteiger partial charge is 0.267 e. The Morgan fingerprint density at radius 1 is 1.25 bits per heavy atom. The summed E-state index contributed by atoms with van der Waals surface area (Å²) in [6.45, 7) is 1.96. The molecule has 0 fully saturated rings. The molecule has 0 aliphatic carbocycles. The minimum Gasteiger partial charge on any atom is -0.291 e. The lowest BCUT2D eigenvalue weighted by molar-refractivity contribution is -0.117. The Morgan fingerprint density at radius 3 is 2.83 bits per heavy atom. The van der Waals surface area contributed by atoms with E-state index in [2.05, 4.69) is 20.8 Å². The number of hydrogen-bond donors (Lipinski definition) is 1. The number of imide groups is 1. The molecule has 0 radical (unpaired) electrons. The molecule has 0 spiro atoms. The molecule has 9 heteroatoms. The predicted molar refractivity (Wildman–Crippen MR) is 91.4 cm³/mol. The number of para-hydroxylation sites is 1. The van der Waals surface area contributed by atoms with E-state index in [1.54, 1.807) is 22.2 Å².